The molecule has 2 aromatic rings. The molecule has 2 atom stereocenters. The molecular formula is C19H23FN4. The highest BCUT2D eigenvalue weighted by Crippen LogP contribution is 2.41. The van der Waals surface area contributed by atoms with Gasteiger partial charge in [-0.25, -0.2) is 4.39 Å². The van der Waals surface area contributed by atoms with Crippen LogP contribution in [0.1, 0.15) is 30.5 Å². The molecule has 2 unspecified atom stereocenters. The molecule has 0 radical (unpaired) electrons. The van der Waals surface area contributed by atoms with E-state index in [1.165, 1.54) is 6.07 Å². The van der Waals surface area contributed by atoms with Crippen molar-refractivity contribution in [2.24, 2.45) is 4.99 Å². The van der Waals surface area contributed by atoms with Crippen LogP contribution in [0.3, 0.4) is 0 Å². The zero-order chi connectivity index (χ0) is 16.8. The highest BCUT2D eigenvalue weighted by atomic mass is 19.1. The van der Waals surface area contributed by atoms with Crippen molar-refractivity contribution in [2.75, 3.05) is 13.1 Å². The summed E-state index contributed by atoms with van der Waals surface area (Å²) in [7, 11) is 0. The summed E-state index contributed by atoms with van der Waals surface area (Å²) in [6, 6.07) is 13.2. The average molecular weight is 326 g/mol. The Hall–Kier alpha value is -2.43. The molecule has 0 bridgehead atoms. The van der Waals surface area contributed by atoms with Crippen LogP contribution in [0, 0.1) is 5.82 Å². The molecule has 3 rings (SSSR count). The van der Waals surface area contributed by atoms with Crippen molar-refractivity contribution >= 4 is 5.96 Å². The maximum atomic E-state index is 13.8. The molecule has 1 aliphatic carbocycles. The standard InChI is InChI=1S/C19H23FN4/c1-2-21-19(23-12-10-14-7-5-6-11-22-14)24-18-13-16(18)15-8-3-4-9-17(15)20/h3-9,11,16,18H,2,10,12-13H2,1H3,(H2,21,23,24). The Labute approximate surface area is 142 Å². The summed E-state index contributed by atoms with van der Waals surface area (Å²) in [6.45, 7) is 3.51. The summed E-state index contributed by atoms with van der Waals surface area (Å²) in [5.74, 6) is 0.895. The minimum Gasteiger partial charge on any atom is -0.357 e. The third-order valence-corrected chi connectivity index (χ3v) is 4.13. The summed E-state index contributed by atoms with van der Waals surface area (Å²) in [5, 5.41) is 6.66. The number of nitrogens with zero attached hydrogens (tertiary/aromatic N) is 2. The molecular weight excluding hydrogens is 303 g/mol. The van der Waals surface area contributed by atoms with Gasteiger partial charge in [0.2, 0.25) is 0 Å². The van der Waals surface area contributed by atoms with Crippen LogP contribution in [0.5, 0.6) is 0 Å². The van der Waals surface area contributed by atoms with Gasteiger partial charge >= 0.3 is 0 Å². The van der Waals surface area contributed by atoms with Crippen LogP contribution in [0.25, 0.3) is 0 Å². The smallest absolute Gasteiger partial charge is 0.191 e. The molecule has 1 aromatic carbocycles. The fourth-order valence-corrected chi connectivity index (χ4v) is 2.80. The van der Waals surface area contributed by atoms with Gasteiger partial charge in [0, 0.05) is 43.4 Å². The van der Waals surface area contributed by atoms with Crippen LogP contribution < -0.4 is 10.6 Å². The number of guanidine groups is 1. The van der Waals surface area contributed by atoms with Crippen LogP contribution in [0.15, 0.2) is 53.7 Å². The number of benzene rings is 1. The fourth-order valence-electron chi connectivity index (χ4n) is 2.80. The maximum absolute atomic E-state index is 13.8. The topological polar surface area (TPSA) is 49.3 Å². The lowest BCUT2D eigenvalue weighted by Gasteiger charge is -2.11. The van der Waals surface area contributed by atoms with Gasteiger partial charge in [-0.2, -0.15) is 0 Å². The molecule has 24 heavy (non-hydrogen) atoms. The maximum Gasteiger partial charge on any atom is 0.191 e. The highest BCUT2D eigenvalue weighted by Gasteiger charge is 2.40. The lowest BCUT2D eigenvalue weighted by molar-refractivity contribution is 0.607. The molecule has 1 heterocycles. The van der Waals surface area contributed by atoms with Gasteiger partial charge in [-0.3, -0.25) is 9.98 Å². The first-order valence-corrected chi connectivity index (χ1v) is 8.47. The number of hydrogen-bond acceptors (Lipinski definition) is 2. The van der Waals surface area contributed by atoms with E-state index < -0.39 is 0 Å². The molecule has 0 spiro atoms. The van der Waals surface area contributed by atoms with Crippen LogP contribution in [-0.2, 0) is 6.42 Å². The van der Waals surface area contributed by atoms with Gasteiger partial charge in [-0.1, -0.05) is 24.3 Å². The molecule has 126 valence electrons. The number of rotatable bonds is 6. The molecule has 2 N–H and O–H groups in total. The molecule has 1 saturated carbocycles. The summed E-state index contributed by atoms with van der Waals surface area (Å²) in [4.78, 5) is 8.90. The zero-order valence-corrected chi connectivity index (χ0v) is 13.9. The van der Waals surface area contributed by atoms with Gasteiger partial charge in [0.05, 0.1) is 0 Å². The van der Waals surface area contributed by atoms with Gasteiger partial charge in [-0.15, -0.1) is 0 Å². The lowest BCUT2D eigenvalue weighted by Crippen LogP contribution is -2.39. The Morgan fingerprint density at radius 2 is 2.08 bits per heavy atom. The third kappa shape index (κ3) is 4.31. The summed E-state index contributed by atoms with van der Waals surface area (Å²) >= 11 is 0. The van der Waals surface area contributed by atoms with E-state index in [-0.39, 0.29) is 17.8 Å². The molecule has 1 aliphatic rings. The van der Waals surface area contributed by atoms with Crippen molar-refractivity contribution in [3.8, 4) is 0 Å². The molecule has 4 nitrogen and oxygen atoms in total. The zero-order valence-electron chi connectivity index (χ0n) is 13.9. The van der Waals surface area contributed by atoms with E-state index in [4.69, 9.17) is 0 Å². The molecule has 1 fully saturated rings. The highest BCUT2D eigenvalue weighted by molar-refractivity contribution is 5.80. The van der Waals surface area contributed by atoms with Crippen LogP contribution >= 0.6 is 0 Å². The molecule has 0 aliphatic heterocycles. The predicted molar refractivity (Wildman–Crippen MR) is 94.6 cm³/mol. The Bertz CT molecular complexity index is 687. The summed E-state index contributed by atoms with van der Waals surface area (Å²) < 4.78 is 13.8. The lowest BCUT2D eigenvalue weighted by atomic mass is 10.1. The number of aromatic nitrogens is 1. The minimum atomic E-state index is -0.121. The number of aliphatic imine (C=N–C) groups is 1. The fraction of sp³-hybridized carbons (Fsp3) is 0.368. The van der Waals surface area contributed by atoms with Crippen molar-refractivity contribution < 1.29 is 4.39 Å². The van der Waals surface area contributed by atoms with Gasteiger partial charge in [-0.05, 0) is 37.1 Å². The minimum absolute atomic E-state index is 0.121. The normalized spacial score (nSPS) is 19.8. The van der Waals surface area contributed by atoms with E-state index in [9.17, 15) is 4.39 Å². The van der Waals surface area contributed by atoms with E-state index in [0.717, 1.165) is 36.6 Å². The van der Waals surface area contributed by atoms with E-state index in [1.807, 2.05) is 37.3 Å². The Morgan fingerprint density at radius 3 is 2.83 bits per heavy atom. The van der Waals surface area contributed by atoms with E-state index >= 15 is 0 Å². The van der Waals surface area contributed by atoms with Crippen molar-refractivity contribution in [1.82, 2.24) is 15.6 Å². The van der Waals surface area contributed by atoms with Gasteiger partial charge < -0.3 is 10.6 Å². The second-order valence-corrected chi connectivity index (χ2v) is 5.95. The number of nitrogens with one attached hydrogen (secondary N) is 2. The van der Waals surface area contributed by atoms with Gasteiger partial charge in [0.15, 0.2) is 5.96 Å². The van der Waals surface area contributed by atoms with E-state index in [1.54, 1.807) is 12.3 Å². The molecule has 1 aromatic heterocycles. The second kappa shape index (κ2) is 7.90. The number of pyridine rings is 1. The SMILES string of the molecule is CCNC(=NCCc1ccccn1)NC1CC1c1ccccc1F. The first-order chi connectivity index (χ1) is 11.8. The van der Waals surface area contributed by atoms with Crippen molar-refractivity contribution in [2.45, 2.75) is 31.7 Å². The van der Waals surface area contributed by atoms with E-state index in [0.29, 0.717) is 6.54 Å². The van der Waals surface area contributed by atoms with Gasteiger partial charge in [0.25, 0.3) is 0 Å². The average Bonchev–Trinajstić information content (AvgIpc) is 3.35. The first-order valence-electron chi connectivity index (χ1n) is 8.47. The number of hydrogen-bond donors (Lipinski definition) is 2. The van der Waals surface area contributed by atoms with Crippen molar-refractivity contribution in [3.05, 3.63) is 65.7 Å². The summed E-state index contributed by atoms with van der Waals surface area (Å²) in [5.41, 5.74) is 1.83. The monoisotopic (exact) mass is 326 g/mol. The third-order valence-electron chi connectivity index (χ3n) is 4.13. The van der Waals surface area contributed by atoms with Gasteiger partial charge in [0.1, 0.15) is 5.82 Å². The molecule has 0 saturated heterocycles. The largest absolute Gasteiger partial charge is 0.357 e. The van der Waals surface area contributed by atoms with E-state index in [2.05, 4.69) is 20.6 Å². The second-order valence-electron chi connectivity index (χ2n) is 5.95. The van der Waals surface area contributed by atoms with Crippen molar-refractivity contribution in [3.63, 3.8) is 0 Å². The Morgan fingerprint density at radius 1 is 1.25 bits per heavy atom. The molecule has 0 amide bonds. The summed E-state index contributed by atoms with van der Waals surface area (Å²) in [6.07, 6.45) is 3.54. The Kier molecular flexibility index (Phi) is 5.41. The predicted octanol–water partition coefficient (Wildman–Crippen LogP) is 2.87. The quantitative estimate of drug-likeness (QED) is 0.634. The van der Waals surface area contributed by atoms with Crippen LogP contribution in [0.4, 0.5) is 4.39 Å². The van der Waals surface area contributed by atoms with Crippen LogP contribution in [0.2, 0.25) is 0 Å². The van der Waals surface area contributed by atoms with Crippen molar-refractivity contribution in [1.29, 1.82) is 0 Å². The first kappa shape index (κ1) is 16.4. The number of halogens is 1. The molecule has 5 heteroatoms. The van der Waals surface area contributed by atoms with Crippen LogP contribution in [-0.4, -0.2) is 30.1 Å². The Balaban J connectivity index is 1.55.